The molecule has 106 valence electrons. The second-order valence-electron chi connectivity index (χ2n) is 4.64. The summed E-state index contributed by atoms with van der Waals surface area (Å²) in [6, 6.07) is 9.93. The van der Waals surface area contributed by atoms with Gasteiger partial charge in [-0.05, 0) is 13.0 Å². The molecule has 0 aliphatic rings. The zero-order valence-electron chi connectivity index (χ0n) is 11.7. The minimum Gasteiger partial charge on any atom is -0.478 e. The molecule has 1 N–H and O–H groups in total. The first-order valence-electron chi connectivity index (χ1n) is 6.52. The quantitative estimate of drug-likeness (QED) is 0.855. The Balaban J connectivity index is 2.41. The van der Waals surface area contributed by atoms with Gasteiger partial charge in [-0.15, -0.1) is 0 Å². The van der Waals surface area contributed by atoms with Crippen molar-refractivity contribution in [1.29, 1.82) is 5.26 Å². The summed E-state index contributed by atoms with van der Waals surface area (Å²) >= 11 is 0. The van der Waals surface area contributed by atoms with Crippen LogP contribution in [0.3, 0.4) is 0 Å². The van der Waals surface area contributed by atoms with Crippen molar-refractivity contribution in [2.24, 2.45) is 0 Å². The predicted molar refractivity (Wildman–Crippen MR) is 79.3 cm³/mol. The van der Waals surface area contributed by atoms with Crippen LogP contribution in [-0.2, 0) is 11.3 Å². The maximum Gasteiger partial charge on any atom is 0.328 e. The molecule has 0 saturated heterocycles. The Morgan fingerprint density at radius 1 is 1.43 bits per heavy atom. The SMILES string of the molecule is Cc1ccc(-c2nn(CCC#N)cc2/C=C/C(=O)O)cc1. The molecule has 0 aliphatic heterocycles. The van der Waals surface area contributed by atoms with Crippen LogP contribution in [0.15, 0.2) is 36.5 Å². The number of aryl methyl sites for hydroxylation is 2. The third kappa shape index (κ3) is 3.80. The average Bonchev–Trinajstić information content (AvgIpc) is 2.87. The Labute approximate surface area is 122 Å². The fourth-order valence-corrected chi connectivity index (χ4v) is 1.93. The molecule has 5 heteroatoms. The number of benzene rings is 1. The Hall–Kier alpha value is -2.87. The normalized spacial score (nSPS) is 10.7. The molecular formula is C16H15N3O2. The maximum absolute atomic E-state index is 10.7. The molecule has 0 radical (unpaired) electrons. The Kier molecular flexibility index (Phi) is 4.52. The van der Waals surface area contributed by atoms with Crippen LogP contribution in [0.2, 0.25) is 0 Å². The molecule has 0 atom stereocenters. The molecule has 1 aromatic heterocycles. The smallest absolute Gasteiger partial charge is 0.328 e. The van der Waals surface area contributed by atoms with Crippen LogP contribution in [0.5, 0.6) is 0 Å². The average molecular weight is 281 g/mol. The van der Waals surface area contributed by atoms with Crippen LogP contribution < -0.4 is 0 Å². The number of carbonyl (C=O) groups is 1. The fraction of sp³-hybridized carbons (Fsp3) is 0.188. The number of hydrogen-bond donors (Lipinski definition) is 1. The highest BCUT2D eigenvalue weighted by molar-refractivity contribution is 5.87. The van der Waals surface area contributed by atoms with Crippen LogP contribution in [0.4, 0.5) is 0 Å². The minimum absolute atomic E-state index is 0.358. The minimum atomic E-state index is -1.00. The van der Waals surface area contributed by atoms with Gasteiger partial charge in [0.25, 0.3) is 0 Å². The van der Waals surface area contributed by atoms with Crippen molar-refractivity contribution in [2.75, 3.05) is 0 Å². The van der Waals surface area contributed by atoms with E-state index in [0.717, 1.165) is 22.8 Å². The Bertz CT molecular complexity index is 706. The van der Waals surface area contributed by atoms with Gasteiger partial charge in [0, 0.05) is 23.4 Å². The summed E-state index contributed by atoms with van der Waals surface area (Å²) in [6.07, 6.45) is 4.72. The number of aliphatic carboxylic acids is 1. The molecule has 1 heterocycles. The molecule has 21 heavy (non-hydrogen) atoms. The van der Waals surface area contributed by atoms with Crippen molar-refractivity contribution >= 4 is 12.0 Å². The number of hydrogen-bond acceptors (Lipinski definition) is 3. The second kappa shape index (κ2) is 6.53. The van der Waals surface area contributed by atoms with E-state index in [1.807, 2.05) is 31.2 Å². The van der Waals surface area contributed by atoms with E-state index in [0.29, 0.717) is 18.7 Å². The summed E-state index contributed by atoms with van der Waals surface area (Å²) in [5, 5.41) is 21.9. The van der Waals surface area contributed by atoms with E-state index in [-0.39, 0.29) is 0 Å². The van der Waals surface area contributed by atoms with Crippen LogP contribution in [0.1, 0.15) is 17.5 Å². The predicted octanol–water partition coefficient (Wildman–Crippen LogP) is 2.87. The van der Waals surface area contributed by atoms with Crippen LogP contribution in [0, 0.1) is 18.3 Å². The number of nitrogens with zero attached hydrogens (tertiary/aromatic N) is 3. The third-order valence-corrected chi connectivity index (χ3v) is 2.97. The Morgan fingerprint density at radius 3 is 2.76 bits per heavy atom. The molecule has 0 aliphatic carbocycles. The van der Waals surface area contributed by atoms with Gasteiger partial charge >= 0.3 is 5.97 Å². The Morgan fingerprint density at radius 2 is 2.14 bits per heavy atom. The van der Waals surface area contributed by atoms with Gasteiger partial charge in [0.1, 0.15) is 0 Å². The lowest BCUT2D eigenvalue weighted by atomic mass is 10.1. The highest BCUT2D eigenvalue weighted by atomic mass is 16.4. The van der Waals surface area contributed by atoms with Crippen molar-refractivity contribution in [1.82, 2.24) is 9.78 Å². The molecule has 0 unspecified atom stereocenters. The summed E-state index contributed by atoms with van der Waals surface area (Å²) in [5.41, 5.74) is 3.50. The number of aromatic nitrogens is 2. The van der Waals surface area contributed by atoms with Gasteiger partial charge in [-0.2, -0.15) is 10.4 Å². The summed E-state index contributed by atoms with van der Waals surface area (Å²) in [4.78, 5) is 10.7. The highest BCUT2D eigenvalue weighted by Crippen LogP contribution is 2.23. The maximum atomic E-state index is 10.7. The van der Waals surface area contributed by atoms with E-state index in [4.69, 9.17) is 10.4 Å². The van der Waals surface area contributed by atoms with E-state index < -0.39 is 5.97 Å². The molecule has 0 bridgehead atoms. The first-order valence-corrected chi connectivity index (χ1v) is 6.52. The number of nitriles is 1. The summed E-state index contributed by atoms with van der Waals surface area (Å²) in [7, 11) is 0. The zero-order chi connectivity index (χ0) is 15.2. The summed E-state index contributed by atoms with van der Waals surface area (Å²) < 4.78 is 1.67. The molecule has 0 amide bonds. The third-order valence-electron chi connectivity index (χ3n) is 2.97. The molecule has 0 spiro atoms. The lowest BCUT2D eigenvalue weighted by Gasteiger charge is -2.00. The topological polar surface area (TPSA) is 78.9 Å². The van der Waals surface area contributed by atoms with E-state index in [2.05, 4.69) is 11.2 Å². The van der Waals surface area contributed by atoms with Crippen molar-refractivity contribution in [3.8, 4) is 17.3 Å². The van der Waals surface area contributed by atoms with Gasteiger partial charge in [0.15, 0.2) is 0 Å². The molecule has 2 aromatic rings. The van der Waals surface area contributed by atoms with Gasteiger partial charge in [-0.1, -0.05) is 29.8 Å². The van der Waals surface area contributed by atoms with Crippen molar-refractivity contribution in [3.05, 3.63) is 47.7 Å². The zero-order valence-corrected chi connectivity index (χ0v) is 11.7. The van der Waals surface area contributed by atoms with Gasteiger partial charge < -0.3 is 5.11 Å². The number of carboxylic acids is 1. The molecule has 2 rings (SSSR count). The lowest BCUT2D eigenvalue weighted by molar-refractivity contribution is -0.131. The van der Waals surface area contributed by atoms with E-state index in [9.17, 15) is 4.79 Å². The van der Waals surface area contributed by atoms with Gasteiger partial charge in [-0.25, -0.2) is 4.79 Å². The summed E-state index contributed by atoms with van der Waals surface area (Å²) in [5.74, 6) is -1.00. The van der Waals surface area contributed by atoms with E-state index in [1.54, 1.807) is 10.9 Å². The summed E-state index contributed by atoms with van der Waals surface area (Å²) in [6.45, 7) is 2.48. The standard InChI is InChI=1S/C16H15N3O2/c1-12-3-5-13(6-4-12)16-14(7-8-15(20)21)11-19(18-16)10-2-9-17/h3-8,11H,2,10H2,1H3,(H,20,21)/b8-7+. The fourth-order valence-electron chi connectivity index (χ4n) is 1.93. The first kappa shape index (κ1) is 14.5. The second-order valence-corrected chi connectivity index (χ2v) is 4.64. The number of carboxylic acid groups (broad SMARTS) is 1. The van der Waals surface area contributed by atoms with E-state index >= 15 is 0 Å². The van der Waals surface area contributed by atoms with Gasteiger partial charge in [-0.3, -0.25) is 4.68 Å². The van der Waals surface area contributed by atoms with Gasteiger partial charge in [0.2, 0.25) is 0 Å². The monoisotopic (exact) mass is 281 g/mol. The molecule has 0 saturated carbocycles. The van der Waals surface area contributed by atoms with Gasteiger partial charge in [0.05, 0.1) is 24.7 Å². The first-order chi connectivity index (χ1) is 10.1. The molecule has 0 fully saturated rings. The van der Waals surface area contributed by atoms with Crippen molar-refractivity contribution in [2.45, 2.75) is 19.9 Å². The highest BCUT2D eigenvalue weighted by Gasteiger charge is 2.09. The van der Waals surface area contributed by atoms with Crippen LogP contribution in [-0.4, -0.2) is 20.9 Å². The lowest BCUT2D eigenvalue weighted by Crippen LogP contribution is -1.97. The largest absolute Gasteiger partial charge is 0.478 e. The van der Waals surface area contributed by atoms with E-state index in [1.165, 1.54) is 6.08 Å². The van der Waals surface area contributed by atoms with Crippen LogP contribution >= 0.6 is 0 Å². The molecule has 5 nitrogen and oxygen atoms in total. The van der Waals surface area contributed by atoms with Crippen LogP contribution in [0.25, 0.3) is 17.3 Å². The van der Waals surface area contributed by atoms with Crippen molar-refractivity contribution < 1.29 is 9.90 Å². The number of rotatable bonds is 5. The molecule has 1 aromatic carbocycles. The molecular weight excluding hydrogens is 266 g/mol. The van der Waals surface area contributed by atoms with Crippen molar-refractivity contribution in [3.63, 3.8) is 0 Å².